The number of benzene rings is 7. The molecule has 10 aromatic rings. The molecular weight excluding hydrogens is 1020 g/mol. The van der Waals surface area contributed by atoms with Crippen LogP contribution in [0.1, 0.15) is 130 Å². The second kappa shape index (κ2) is 21.6. The van der Waals surface area contributed by atoms with Crippen LogP contribution >= 0.6 is 0 Å². The Hall–Kier alpha value is -9.74. The van der Waals surface area contributed by atoms with Gasteiger partial charge in [0.05, 0.1) is 41.2 Å². The van der Waals surface area contributed by atoms with Crippen LogP contribution in [-0.4, -0.2) is 48.7 Å². The van der Waals surface area contributed by atoms with Crippen molar-refractivity contribution in [3.63, 3.8) is 0 Å². The monoisotopic (exact) mass is 1080 g/mol. The average Bonchev–Trinajstić information content (AvgIpc) is 2.40. The molecule has 11 nitrogen and oxygen atoms in total. The van der Waals surface area contributed by atoms with Gasteiger partial charge in [-0.25, -0.2) is 14.7 Å². The van der Waals surface area contributed by atoms with Crippen molar-refractivity contribution in [2.24, 2.45) is 15.0 Å². The van der Waals surface area contributed by atoms with Gasteiger partial charge in [-0.1, -0.05) is 146 Å². The summed E-state index contributed by atoms with van der Waals surface area (Å²) < 4.78 is 2.19. The number of rotatable bonds is 14. The van der Waals surface area contributed by atoms with Gasteiger partial charge in [0.15, 0.2) is 0 Å². The van der Waals surface area contributed by atoms with Crippen LogP contribution in [0.3, 0.4) is 0 Å². The smallest absolute Gasteiger partial charge is 0.266 e. The zero-order chi connectivity index (χ0) is 56.0. The molecule has 0 bridgehead atoms. The molecule has 2 atom stereocenters. The van der Waals surface area contributed by atoms with Crippen molar-refractivity contribution < 1.29 is 9.59 Å². The minimum absolute atomic E-state index is 0.0527. The van der Waals surface area contributed by atoms with E-state index in [1.165, 1.54) is 42.4 Å². The summed E-state index contributed by atoms with van der Waals surface area (Å²) in [5.41, 5.74) is 19.4. The number of hydrogen-bond donors (Lipinski definition) is 2. The lowest BCUT2D eigenvalue weighted by Gasteiger charge is -2.37. The van der Waals surface area contributed by atoms with Gasteiger partial charge in [-0.15, -0.1) is 0 Å². The van der Waals surface area contributed by atoms with Gasteiger partial charge in [-0.2, -0.15) is 5.10 Å². The summed E-state index contributed by atoms with van der Waals surface area (Å²) in [6.07, 6.45) is 13.2. The Bertz CT molecular complexity index is 4110. The number of hydrogen-bond acceptors (Lipinski definition) is 8. The lowest BCUT2D eigenvalue weighted by molar-refractivity contribution is -0.116. The molecule has 2 aliphatic carbocycles. The standard InChI is InChI=1S/C45H37N5O.C27H24N4O/c1-30(33-12-11-13-34(26-33)31-20-21-31)47-44(51)41-27-35-28-42-39(29-40(35)48-41)43(32-22-24-46-25-23-32)49-50(42)45(36-14-5-2-6-15-36,37-16-7-3-8-17-37)38-18-9-4-10-19-38;1-16(19-3-2-4-20(11-19)17-5-6-17)30-27(32)25-13-21-12-22-15-29-26(18-7-9-28-10-8-18)23(22)14-24(21)31-25/h2-19,22-26,28-31H,20-21,27H2,1H3,(H,47,51);2-4,7-12,14,16-17H,5-6,13,15H2,1H3,(H,30,32)/t30-;16-/m11/s1. The van der Waals surface area contributed by atoms with Crippen LogP contribution in [0.2, 0.25) is 0 Å². The van der Waals surface area contributed by atoms with Gasteiger partial charge < -0.3 is 10.6 Å². The zero-order valence-electron chi connectivity index (χ0n) is 46.4. The van der Waals surface area contributed by atoms with E-state index in [0.29, 0.717) is 42.6 Å². The van der Waals surface area contributed by atoms with E-state index in [0.717, 1.165) is 89.3 Å². The van der Waals surface area contributed by atoms with E-state index < -0.39 is 5.54 Å². The average molecular weight is 1080 g/mol. The number of carbonyl (C=O) groups excluding carboxylic acids is 2. The number of nitrogens with zero attached hydrogens (tertiary/aromatic N) is 7. The van der Waals surface area contributed by atoms with Gasteiger partial charge >= 0.3 is 0 Å². The fraction of sp³-hybridized carbons (Fsp3) is 0.194. The van der Waals surface area contributed by atoms with E-state index in [-0.39, 0.29) is 23.9 Å². The van der Waals surface area contributed by atoms with Crippen LogP contribution in [0.4, 0.5) is 11.4 Å². The Morgan fingerprint density at radius 1 is 0.518 bits per heavy atom. The van der Waals surface area contributed by atoms with Crippen molar-refractivity contribution in [3.05, 3.63) is 280 Å². The van der Waals surface area contributed by atoms with Crippen molar-refractivity contribution in [1.82, 2.24) is 30.4 Å². The van der Waals surface area contributed by atoms with Crippen molar-refractivity contribution >= 4 is 51.2 Å². The molecule has 0 unspecified atom stereocenters. The number of fused-ring (bicyclic) bond motifs is 4. The quantitative estimate of drug-likeness (QED) is 0.104. The third-order valence-corrected chi connectivity index (χ3v) is 17.0. The Labute approximate surface area is 483 Å². The molecule has 7 aromatic carbocycles. The predicted molar refractivity (Wildman–Crippen MR) is 329 cm³/mol. The Morgan fingerprint density at radius 2 is 1.00 bits per heavy atom. The van der Waals surface area contributed by atoms with E-state index in [1.54, 1.807) is 24.8 Å². The largest absolute Gasteiger partial charge is 0.344 e. The summed E-state index contributed by atoms with van der Waals surface area (Å²) in [7, 11) is 0. The van der Waals surface area contributed by atoms with E-state index in [1.807, 2.05) is 38.1 Å². The summed E-state index contributed by atoms with van der Waals surface area (Å²) in [6.45, 7) is 4.75. The Balaban J connectivity index is 0.000000164. The number of pyridine rings is 2. The van der Waals surface area contributed by atoms with Crippen molar-refractivity contribution in [3.8, 4) is 11.3 Å². The maximum atomic E-state index is 13.8. The van der Waals surface area contributed by atoms with Crippen LogP contribution in [0.15, 0.2) is 228 Å². The first-order chi connectivity index (χ1) is 40.7. The van der Waals surface area contributed by atoms with E-state index in [4.69, 9.17) is 20.1 Å². The van der Waals surface area contributed by atoms with Crippen LogP contribution in [0.25, 0.3) is 22.2 Å². The molecule has 2 amide bonds. The molecule has 2 saturated carbocycles. The summed E-state index contributed by atoms with van der Waals surface area (Å²) in [5.74, 6) is 1.14. The summed E-state index contributed by atoms with van der Waals surface area (Å²) in [4.78, 5) is 49.5. The molecule has 2 N–H and O–H groups in total. The van der Waals surface area contributed by atoms with E-state index >= 15 is 0 Å². The SMILES string of the molecule is C[C@@H](NC(=O)C1=Nc2cc3c(-c4ccncc4)nn(C(c4ccccc4)(c4ccccc4)c4ccccc4)c3cc2C1)c1cccc(C2CC2)c1.C[C@@H](NC(=O)C1=Nc2cc3c(cc2C1)CN=C3c1ccncc1)c1cccc(C2CC2)c1. The Kier molecular flexibility index (Phi) is 13.4. The molecule has 3 aliphatic heterocycles. The predicted octanol–water partition coefficient (Wildman–Crippen LogP) is 14.1. The fourth-order valence-corrected chi connectivity index (χ4v) is 12.3. The molecule has 5 aliphatic rings. The van der Waals surface area contributed by atoms with Gasteiger partial charge in [-0.05, 0) is 149 Å². The second-order valence-corrected chi connectivity index (χ2v) is 22.6. The first-order valence-corrected chi connectivity index (χ1v) is 29.0. The maximum absolute atomic E-state index is 13.8. The van der Waals surface area contributed by atoms with Gasteiger partial charge in [0.1, 0.15) is 22.7 Å². The number of aliphatic imine (C=N–C) groups is 3. The second-order valence-electron chi connectivity index (χ2n) is 22.6. The minimum atomic E-state index is -0.814. The van der Waals surface area contributed by atoms with E-state index in [9.17, 15) is 9.59 Å². The first kappa shape index (κ1) is 51.4. The lowest BCUT2D eigenvalue weighted by Crippen LogP contribution is -2.38. The fourth-order valence-electron chi connectivity index (χ4n) is 12.3. The molecule has 6 heterocycles. The van der Waals surface area contributed by atoms with Crippen molar-refractivity contribution in [2.45, 2.75) is 88.4 Å². The van der Waals surface area contributed by atoms with Crippen LogP contribution < -0.4 is 10.6 Å². The van der Waals surface area contributed by atoms with Crippen molar-refractivity contribution in [2.75, 3.05) is 0 Å². The number of aromatic nitrogens is 4. The normalized spacial score (nSPS) is 15.6. The molecule has 0 radical (unpaired) electrons. The molecule has 15 rings (SSSR count). The van der Waals surface area contributed by atoms with Gasteiger partial charge in [0, 0.05) is 59.7 Å². The highest BCUT2D eigenvalue weighted by molar-refractivity contribution is 6.41. The first-order valence-electron chi connectivity index (χ1n) is 29.0. The van der Waals surface area contributed by atoms with Crippen LogP contribution in [0, 0.1) is 0 Å². The number of carbonyl (C=O) groups is 2. The highest BCUT2D eigenvalue weighted by Crippen LogP contribution is 2.47. The molecule has 406 valence electrons. The molecule has 2 fully saturated rings. The number of amides is 2. The zero-order valence-corrected chi connectivity index (χ0v) is 46.4. The summed E-state index contributed by atoms with van der Waals surface area (Å²) >= 11 is 0. The molecule has 0 saturated heterocycles. The van der Waals surface area contributed by atoms with E-state index in [2.05, 4.69) is 189 Å². The molecule has 11 heteroatoms. The van der Waals surface area contributed by atoms with Crippen molar-refractivity contribution in [1.29, 1.82) is 0 Å². The Morgan fingerprint density at radius 3 is 1.51 bits per heavy atom. The lowest BCUT2D eigenvalue weighted by atomic mass is 9.77. The molecular formula is C72H61N9O2. The summed E-state index contributed by atoms with van der Waals surface area (Å²) in [5, 5.41) is 12.9. The highest BCUT2D eigenvalue weighted by atomic mass is 16.2. The molecule has 3 aromatic heterocycles. The third-order valence-electron chi connectivity index (χ3n) is 17.0. The van der Waals surface area contributed by atoms with Gasteiger partial charge in [0.2, 0.25) is 0 Å². The molecule has 0 spiro atoms. The third kappa shape index (κ3) is 9.96. The topological polar surface area (TPSA) is 139 Å². The summed E-state index contributed by atoms with van der Waals surface area (Å²) in [6, 6.07) is 65.3. The minimum Gasteiger partial charge on any atom is -0.344 e. The van der Waals surface area contributed by atoms with Crippen LogP contribution in [0.5, 0.6) is 0 Å². The van der Waals surface area contributed by atoms with Gasteiger partial charge in [-0.3, -0.25) is 24.5 Å². The van der Waals surface area contributed by atoms with Crippen LogP contribution in [-0.2, 0) is 34.5 Å². The van der Waals surface area contributed by atoms with Gasteiger partial charge in [0.25, 0.3) is 11.8 Å². The maximum Gasteiger partial charge on any atom is 0.266 e. The molecule has 83 heavy (non-hydrogen) atoms. The highest BCUT2D eigenvalue weighted by Gasteiger charge is 2.42. The number of nitrogens with one attached hydrogen (secondary N) is 2.